The molecular formula is C19H16N2O5. The van der Waals surface area contributed by atoms with Gasteiger partial charge in [0, 0.05) is 30.2 Å². The topological polar surface area (TPSA) is 84.9 Å². The third-order valence-corrected chi connectivity index (χ3v) is 4.34. The lowest BCUT2D eigenvalue weighted by molar-refractivity contribution is -0.139. The highest BCUT2D eigenvalue weighted by Gasteiger charge is 2.28. The molecule has 26 heavy (non-hydrogen) atoms. The molecule has 7 heteroatoms. The number of amides is 3. The molecule has 0 saturated carbocycles. The molecule has 4 rings (SSSR count). The van der Waals surface area contributed by atoms with Gasteiger partial charge in [-0.2, -0.15) is 0 Å². The molecule has 3 amide bonds. The highest BCUT2D eigenvalue weighted by atomic mass is 16.7. The molecule has 0 bridgehead atoms. The van der Waals surface area contributed by atoms with E-state index in [1.54, 1.807) is 42.5 Å². The molecule has 7 nitrogen and oxygen atoms in total. The lowest BCUT2D eigenvalue weighted by Gasteiger charge is -2.14. The van der Waals surface area contributed by atoms with E-state index in [2.05, 4.69) is 5.32 Å². The quantitative estimate of drug-likeness (QED) is 0.854. The summed E-state index contributed by atoms with van der Waals surface area (Å²) in [6, 6.07) is 12.0. The molecule has 0 unspecified atom stereocenters. The first-order chi connectivity index (χ1) is 12.6. The van der Waals surface area contributed by atoms with E-state index in [1.165, 1.54) is 4.90 Å². The van der Waals surface area contributed by atoms with Crippen LogP contribution in [0.25, 0.3) is 0 Å². The Labute approximate surface area is 149 Å². The van der Waals surface area contributed by atoms with Crippen LogP contribution in [0.15, 0.2) is 42.5 Å². The van der Waals surface area contributed by atoms with E-state index in [1.807, 2.05) is 0 Å². The summed E-state index contributed by atoms with van der Waals surface area (Å²) in [4.78, 5) is 37.0. The van der Waals surface area contributed by atoms with E-state index in [0.29, 0.717) is 22.7 Å². The monoisotopic (exact) mass is 352 g/mol. The number of hydrogen-bond acceptors (Lipinski definition) is 5. The van der Waals surface area contributed by atoms with Gasteiger partial charge in [-0.15, -0.1) is 0 Å². The van der Waals surface area contributed by atoms with Gasteiger partial charge in [0.25, 0.3) is 5.91 Å². The SMILES string of the molecule is O=C(Nc1ccc2c(c1)OCO2)c1ccc(CN2C(=O)CCC2=O)cc1. The summed E-state index contributed by atoms with van der Waals surface area (Å²) in [5.41, 5.74) is 1.88. The van der Waals surface area contributed by atoms with Gasteiger partial charge in [0.2, 0.25) is 18.6 Å². The second-order valence-corrected chi connectivity index (χ2v) is 6.09. The highest BCUT2D eigenvalue weighted by molar-refractivity contribution is 6.04. The molecule has 132 valence electrons. The predicted molar refractivity (Wildman–Crippen MR) is 91.8 cm³/mol. The van der Waals surface area contributed by atoms with Crippen LogP contribution in [0, 0.1) is 0 Å². The zero-order chi connectivity index (χ0) is 18.1. The average Bonchev–Trinajstić information content (AvgIpc) is 3.23. The van der Waals surface area contributed by atoms with Gasteiger partial charge in [-0.1, -0.05) is 12.1 Å². The van der Waals surface area contributed by atoms with E-state index in [-0.39, 0.29) is 43.9 Å². The fourth-order valence-electron chi connectivity index (χ4n) is 2.92. The Balaban J connectivity index is 1.42. The maximum absolute atomic E-state index is 12.4. The Morgan fingerprint density at radius 2 is 1.65 bits per heavy atom. The number of fused-ring (bicyclic) bond motifs is 1. The molecule has 0 radical (unpaired) electrons. The van der Waals surface area contributed by atoms with Crippen molar-refractivity contribution in [3.8, 4) is 11.5 Å². The van der Waals surface area contributed by atoms with E-state index in [9.17, 15) is 14.4 Å². The fourth-order valence-corrected chi connectivity index (χ4v) is 2.92. The number of carbonyl (C=O) groups is 3. The normalized spacial score (nSPS) is 15.5. The number of hydrogen-bond donors (Lipinski definition) is 1. The van der Waals surface area contributed by atoms with Crippen molar-refractivity contribution in [2.24, 2.45) is 0 Å². The maximum Gasteiger partial charge on any atom is 0.255 e. The van der Waals surface area contributed by atoms with Gasteiger partial charge >= 0.3 is 0 Å². The van der Waals surface area contributed by atoms with Gasteiger partial charge in [0.15, 0.2) is 11.5 Å². The molecule has 0 atom stereocenters. The molecule has 0 aromatic heterocycles. The number of nitrogens with zero attached hydrogens (tertiary/aromatic N) is 1. The number of rotatable bonds is 4. The average molecular weight is 352 g/mol. The van der Waals surface area contributed by atoms with Crippen molar-refractivity contribution in [2.75, 3.05) is 12.1 Å². The van der Waals surface area contributed by atoms with Crippen LogP contribution in [0.2, 0.25) is 0 Å². The van der Waals surface area contributed by atoms with Crippen molar-refractivity contribution in [3.05, 3.63) is 53.6 Å². The van der Waals surface area contributed by atoms with Crippen molar-refractivity contribution in [3.63, 3.8) is 0 Å². The third-order valence-electron chi connectivity index (χ3n) is 4.34. The van der Waals surface area contributed by atoms with Gasteiger partial charge in [-0.05, 0) is 29.8 Å². The molecule has 0 spiro atoms. The lowest BCUT2D eigenvalue weighted by atomic mass is 10.1. The summed E-state index contributed by atoms with van der Waals surface area (Å²) < 4.78 is 10.5. The molecule has 2 heterocycles. The van der Waals surface area contributed by atoms with Crippen molar-refractivity contribution >= 4 is 23.4 Å². The Hall–Kier alpha value is -3.35. The second kappa shape index (κ2) is 6.51. The van der Waals surface area contributed by atoms with Crippen molar-refractivity contribution < 1.29 is 23.9 Å². The van der Waals surface area contributed by atoms with E-state index in [0.717, 1.165) is 5.56 Å². The minimum absolute atomic E-state index is 0.153. The van der Waals surface area contributed by atoms with E-state index < -0.39 is 0 Å². The number of carbonyl (C=O) groups excluding carboxylic acids is 3. The van der Waals surface area contributed by atoms with Crippen molar-refractivity contribution in [1.29, 1.82) is 0 Å². The Bertz CT molecular complexity index is 875. The Kier molecular flexibility index (Phi) is 4.04. The number of nitrogens with one attached hydrogen (secondary N) is 1. The minimum atomic E-state index is -0.260. The van der Waals surface area contributed by atoms with Gasteiger partial charge in [0.1, 0.15) is 0 Å². The van der Waals surface area contributed by atoms with Crippen LogP contribution in [0.5, 0.6) is 11.5 Å². The van der Waals surface area contributed by atoms with Gasteiger partial charge in [-0.3, -0.25) is 19.3 Å². The first kappa shape index (κ1) is 16.1. The fraction of sp³-hybridized carbons (Fsp3) is 0.211. The van der Waals surface area contributed by atoms with Crippen LogP contribution in [0.4, 0.5) is 5.69 Å². The molecule has 0 aliphatic carbocycles. The minimum Gasteiger partial charge on any atom is -0.454 e. The summed E-state index contributed by atoms with van der Waals surface area (Å²) in [6.45, 7) is 0.415. The van der Waals surface area contributed by atoms with Crippen LogP contribution in [0.3, 0.4) is 0 Å². The van der Waals surface area contributed by atoms with Gasteiger partial charge in [-0.25, -0.2) is 0 Å². The molecular weight excluding hydrogens is 336 g/mol. The maximum atomic E-state index is 12.4. The molecule has 1 N–H and O–H groups in total. The summed E-state index contributed by atoms with van der Waals surface area (Å²) >= 11 is 0. The summed E-state index contributed by atoms with van der Waals surface area (Å²) in [5.74, 6) is 0.680. The number of benzene rings is 2. The summed E-state index contributed by atoms with van der Waals surface area (Å²) in [5, 5.41) is 2.80. The molecule has 2 aromatic rings. The number of imide groups is 1. The molecule has 1 fully saturated rings. The smallest absolute Gasteiger partial charge is 0.255 e. The first-order valence-corrected chi connectivity index (χ1v) is 8.23. The Morgan fingerprint density at radius 3 is 2.38 bits per heavy atom. The second-order valence-electron chi connectivity index (χ2n) is 6.09. The first-order valence-electron chi connectivity index (χ1n) is 8.23. The van der Waals surface area contributed by atoms with Crippen molar-refractivity contribution in [2.45, 2.75) is 19.4 Å². The number of anilines is 1. The van der Waals surface area contributed by atoms with Crippen LogP contribution in [-0.2, 0) is 16.1 Å². The third kappa shape index (κ3) is 3.11. The lowest BCUT2D eigenvalue weighted by Crippen LogP contribution is -2.28. The van der Waals surface area contributed by atoms with E-state index >= 15 is 0 Å². The predicted octanol–water partition coefficient (Wildman–Crippen LogP) is 2.32. The zero-order valence-electron chi connectivity index (χ0n) is 13.9. The molecule has 1 saturated heterocycles. The van der Waals surface area contributed by atoms with Crippen LogP contribution < -0.4 is 14.8 Å². The van der Waals surface area contributed by atoms with E-state index in [4.69, 9.17) is 9.47 Å². The molecule has 2 aliphatic rings. The number of ether oxygens (including phenoxy) is 2. The van der Waals surface area contributed by atoms with Crippen LogP contribution in [-0.4, -0.2) is 29.4 Å². The highest BCUT2D eigenvalue weighted by Crippen LogP contribution is 2.34. The summed E-state index contributed by atoms with van der Waals surface area (Å²) in [7, 11) is 0. The summed E-state index contributed by atoms with van der Waals surface area (Å²) in [6.07, 6.45) is 0.545. The van der Waals surface area contributed by atoms with Crippen LogP contribution >= 0.6 is 0 Å². The molecule has 2 aliphatic heterocycles. The number of likely N-dealkylation sites (tertiary alicyclic amines) is 1. The standard InChI is InChI=1S/C19H16N2O5/c22-17-7-8-18(23)21(17)10-12-1-3-13(4-2-12)19(24)20-14-5-6-15-16(9-14)26-11-25-15/h1-6,9H,7-8,10-11H2,(H,20,24). The van der Waals surface area contributed by atoms with Gasteiger partial charge < -0.3 is 14.8 Å². The van der Waals surface area contributed by atoms with Crippen LogP contribution in [0.1, 0.15) is 28.8 Å². The van der Waals surface area contributed by atoms with Crippen molar-refractivity contribution in [1.82, 2.24) is 4.90 Å². The van der Waals surface area contributed by atoms with Gasteiger partial charge in [0.05, 0.1) is 6.54 Å². The Morgan fingerprint density at radius 1 is 0.962 bits per heavy atom. The largest absolute Gasteiger partial charge is 0.454 e. The molecule has 2 aromatic carbocycles. The zero-order valence-corrected chi connectivity index (χ0v) is 13.9.